The number of aryl methyl sites for hydroxylation is 1. The summed E-state index contributed by atoms with van der Waals surface area (Å²) in [7, 11) is 0. The molecule has 1 aliphatic rings. The molecule has 0 saturated carbocycles. The van der Waals surface area contributed by atoms with Gasteiger partial charge in [0.15, 0.2) is 0 Å². The van der Waals surface area contributed by atoms with Crippen LogP contribution in [0.1, 0.15) is 11.1 Å². The normalized spacial score (nSPS) is 16.1. The molecule has 15 heavy (non-hydrogen) atoms. The quantitative estimate of drug-likeness (QED) is 0.695. The molecule has 1 fully saturated rings. The van der Waals surface area contributed by atoms with Crippen molar-refractivity contribution in [3.8, 4) is 6.07 Å². The lowest BCUT2D eigenvalue weighted by Crippen LogP contribution is -2.36. The number of benzene rings is 1. The van der Waals surface area contributed by atoms with Gasteiger partial charge >= 0.3 is 0 Å². The van der Waals surface area contributed by atoms with Crippen LogP contribution < -0.4 is 4.90 Å². The topological polar surface area (TPSA) is 36.3 Å². The minimum atomic E-state index is 0.749. The smallest absolute Gasteiger partial charge is 0.102 e. The molecule has 0 amide bonds. The van der Waals surface area contributed by atoms with E-state index in [1.807, 2.05) is 25.1 Å². The maximum absolute atomic E-state index is 9.12. The Balaban J connectivity index is 2.34. The zero-order valence-corrected chi connectivity index (χ0v) is 8.86. The van der Waals surface area contributed by atoms with E-state index >= 15 is 0 Å². The van der Waals surface area contributed by atoms with Gasteiger partial charge in [0.2, 0.25) is 0 Å². The Morgan fingerprint density at radius 3 is 2.73 bits per heavy atom. The average molecular weight is 202 g/mol. The number of ether oxygens (including phenoxy) is 1. The maximum atomic E-state index is 9.12. The molecule has 3 nitrogen and oxygen atoms in total. The monoisotopic (exact) mass is 202 g/mol. The van der Waals surface area contributed by atoms with Crippen LogP contribution in [-0.2, 0) is 4.74 Å². The maximum Gasteiger partial charge on any atom is 0.102 e. The van der Waals surface area contributed by atoms with Gasteiger partial charge < -0.3 is 9.64 Å². The molecule has 0 N–H and O–H groups in total. The molecule has 0 atom stereocenters. The highest BCUT2D eigenvalue weighted by Crippen LogP contribution is 2.23. The van der Waals surface area contributed by atoms with Crippen molar-refractivity contribution in [3.05, 3.63) is 29.3 Å². The van der Waals surface area contributed by atoms with Crippen LogP contribution in [0.5, 0.6) is 0 Å². The van der Waals surface area contributed by atoms with Crippen molar-refractivity contribution in [1.82, 2.24) is 0 Å². The highest BCUT2D eigenvalue weighted by Gasteiger charge is 2.15. The third-order valence-corrected chi connectivity index (χ3v) is 2.71. The third kappa shape index (κ3) is 1.95. The van der Waals surface area contributed by atoms with Crippen LogP contribution in [0, 0.1) is 18.3 Å². The Morgan fingerprint density at radius 1 is 1.33 bits per heavy atom. The van der Waals surface area contributed by atoms with Crippen molar-refractivity contribution in [2.75, 3.05) is 31.2 Å². The summed E-state index contributed by atoms with van der Waals surface area (Å²) in [6.07, 6.45) is 0. The van der Waals surface area contributed by atoms with E-state index in [4.69, 9.17) is 10.00 Å². The van der Waals surface area contributed by atoms with Crippen molar-refractivity contribution in [3.63, 3.8) is 0 Å². The first kappa shape index (κ1) is 10.0. The lowest BCUT2D eigenvalue weighted by atomic mass is 10.1. The first-order chi connectivity index (χ1) is 7.33. The molecule has 1 aromatic carbocycles. The average Bonchev–Trinajstić information content (AvgIpc) is 2.30. The number of hydrogen-bond donors (Lipinski definition) is 0. The summed E-state index contributed by atoms with van der Waals surface area (Å²) in [6, 6.07) is 8.27. The van der Waals surface area contributed by atoms with E-state index in [0.717, 1.165) is 43.1 Å². The Kier molecular flexibility index (Phi) is 2.89. The van der Waals surface area contributed by atoms with Gasteiger partial charge in [0.1, 0.15) is 6.07 Å². The second kappa shape index (κ2) is 4.33. The highest BCUT2D eigenvalue weighted by molar-refractivity contribution is 5.62. The van der Waals surface area contributed by atoms with Crippen LogP contribution in [0.15, 0.2) is 18.2 Å². The van der Waals surface area contributed by atoms with Crippen molar-refractivity contribution >= 4 is 5.69 Å². The van der Waals surface area contributed by atoms with E-state index in [0.29, 0.717) is 0 Å². The van der Waals surface area contributed by atoms with E-state index in [2.05, 4.69) is 11.0 Å². The molecule has 0 bridgehead atoms. The molecule has 0 aromatic heterocycles. The lowest BCUT2D eigenvalue weighted by molar-refractivity contribution is 0.122. The molecule has 0 spiro atoms. The number of rotatable bonds is 1. The number of nitrogens with zero attached hydrogens (tertiary/aromatic N) is 2. The summed E-state index contributed by atoms with van der Waals surface area (Å²) < 4.78 is 5.30. The number of morpholine rings is 1. The van der Waals surface area contributed by atoms with E-state index in [1.54, 1.807) is 0 Å². The standard InChI is InChI=1S/C12H14N2O/c1-10-3-2-4-12(11(10)9-13)14-5-7-15-8-6-14/h2-4H,5-8H2,1H3. The summed E-state index contributed by atoms with van der Waals surface area (Å²) >= 11 is 0. The Hall–Kier alpha value is -1.53. The molecule has 1 saturated heterocycles. The van der Waals surface area contributed by atoms with Gasteiger partial charge in [-0.05, 0) is 18.6 Å². The van der Waals surface area contributed by atoms with E-state index in [-0.39, 0.29) is 0 Å². The molecule has 1 heterocycles. The fourth-order valence-corrected chi connectivity index (χ4v) is 1.87. The lowest BCUT2D eigenvalue weighted by Gasteiger charge is -2.29. The second-order valence-electron chi connectivity index (χ2n) is 3.68. The van der Waals surface area contributed by atoms with E-state index < -0.39 is 0 Å². The van der Waals surface area contributed by atoms with Gasteiger partial charge in [-0.1, -0.05) is 12.1 Å². The summed E-state index contributed by atoms with van der Waals surface area (Å²) in [5.41, 5.74) is 2.88. The summed E-state index contributed by atoms with van der Waals surface area (Å²) in [4.78, 5) is 2.22. The van der Waals surface area contributed by atoms with Crippen LogP contribution >= 0.6 is 0 Å². The van der Waals surface area contributed by atoms with Crippen LogP contribution in [0.2, 0.25) is 0 Å². The molecule has 2 rings (SSSR count). The minimum absolute atomic E-state index is 0.749. The SMILES string of the molecule is Cc1cccc(N2CCOCC2)c1C#N. The first-order valence-electron chi connectivity index (χ1n) is 5.15. The summed E-state index contributed by atoms with van der Waals surface area (Å²) in [5, 5.41) is 9.12. The second-order valence-corrected chi connectivity index (χ2v) is 3.68. The summed E-state index contributed by atoms with van der Waals surface area (Å²) in [6.45, 7) is 5.22. The Bertz CT molecular complexity index is 389. The van der Waals surface area contributed by atoms with E-state index in [1.165, 1.54) is 0 Å². The molecule has 0 unspecified atom stereocenters. The zero-order chi connectivity index (χ0) is 10.7. The molecule has 0 radical (unpaired) electrons. The van der Waals surface area contributed by atoms with Crippen LogP contribution in [0.25, 0.3) is 0 Å². The van der Waals surface area contributed by atoms with Gasteiger partial charge in [0.25, 0.3) is 0 Å². The van der Waals surface area contributed by atoms with Gasteiger partial charge in [-0.2, -0.15) is 5.26 Å². The van der Waals surface area contributed by atoms with Gasteiger partial charge in [-0.15, -0.1) is 0 Å². The highest BCUT2D eigenvalue weighted by atomic mass is 16.5. The fraction of sp³-hybridized carbons (Fsp3) is 0.417. The summed E-state index contributed by atoms with van der Waals surface area (Å²) in [5.74, 6) is 0. The number of hydrogen-bond acceptors (Lipinski definition) is 3. The van der Waals surface area contributed by atoms with Gasteiger partial charge in [0, 0.05) is 13.1 Å². The number of nitriles is 1. The van der Waals surface area contributed by atoms with Gasteiger partial charge in [-0.3, -0.25) is 0 Å². The molecular weight excluding hydrogens is 188 g/mol. The van der Waals surface area contributed by atoms with Crippen LogP contribution in [0.4, 0.5) is 5.69 Å². The zero-order valence-electron chi connectivity index (χ0n) is 8.86. The van der Waals surface area contributed by atoms with Crippen LogP contribution in [-0.4, -0.2) is 26.3 Å². The van der Waals surface area contributed by atoms with Crippen molar-refractivity contribution in [2.24, 2.45) is 0 Å². The molecule has 3 heteroatoms. The molecule has 1 aliphatic heterocycles. The first-order valence-corrected chi connectivity index (χ1v) is 5.15. The van der Waals surface area contributed by atoms with Crippen LogP contribution in [0.3, 0.4) is 0 Å². The van der Waals surface area contributed by atoms with Crippen molar-refractivity contribution in [1.29, 1.82) is 5.26 Å². The van der Waals surface area contributed by atoms with E-state index in [9.17, 15) is 0 Å². The number of anilines is 1. The fourth-order valence-electron chi connectivity index (χ4n) is 1.87. The third-order valence-electron chi connectivity index (χ3n) is 2.71. The largest absolute Gasteiger partial charge is 0.378 e. The molecule has 1 aromatic rings. The van der Waals surface area contributed by atoms with Crippen molar-refractivity contribution in [2.45, 2.75) is 6.92 Å². The Labute approximate surface area is 89.9 Å². The predicted molar refractivity (Wildman–Crippen MR) is 58.9 cm³/mol. The molecular formula is C12H14N2O. The van der Waals surface area contributed by atoms with Gasteiger partial charge in [-0.25, -0.2) is 0 Å². The molecule has 0 aliphatic carbocycles. The minimum Gasteiger partial charge on any atom is -0.378 e. The molecule has 78 valence electrons. The predicted octanol–water partition coefficient (Wildman–Crippen LogP) is 1.70. The van der Waals surface area contributed by atoms with Crippen molar-refractivity contribution < 1.29 is 4.74 Å². The van der Waals surface area contributed by atoms with Gasteiger partial charge in [0.05, 0.1) is 24.5 Å². The Morgan fingerprint density at radius 2 is 2.07 bits per heavy atom.